The number of benzene rings is 2. The van der Waals surface area contributed by atoms with Crippen molar-refractivity contribution in [3.05, 3.63) is 53.7 Å². The number of anilines is 1. The van der Waals surface area contributed by atoms with Gasteiger partial charge in [-0.2, -0.15) is 0 Å². The molecule has 2 amide bonds. The first-order valence-corrected chi connectivity index (χ1v) is 13.5. The summed E-state index contributed by atoms with van der Waals surface area (Å²) in [5.41, 5.74) is 0.864. The summed E-state index contributed by atoms with van der Waals surface area (Å²) in [6, 6.07) is 11.6. The number of halogens is 1. The van der Waals surface area contributed by atoms with Crippen LogP contribution in [0.1, 0.15) is 13.8 Å². The highest BCUT2D eigenvalue weighted by Crippen LogP contribution is 2.29. The van der Waals surface area contributed by atoms with Crippen LogP contribution in [-0.2, 0) is 30.7 Å². The van der Waals surface area contributed by atoms with E-state index < -0.39 is 21.5 Å². The van der Waals surface area contributed by atoms with Gasteiger partial charge in [-0.25, -0.2) is 8.42 Å². The number of sulfone groups is 1. The average Bonchev–Trinajstić information content (AvgIpc) is 3.17. The third kappa shape index (κ3) is 5.66. The minimum atomic E-state index is -4.04. The molecule has 2 aromatic carbocycles. The molecule has 1 N–H and O–H groups in total. The van der Waals surface area contributed by atoms with Gasteiger partial charge in [-0.05, 0) is 38.1 Å². The number of ether oxygens (including phenoxy) is 2. The molecular weight excluding hydrogens is 506 g/mol. The Bertz CT molecular complexity index is 1390. The highest BCUT2D eigenvalue weighted by atomic mass is 35.5. The molecule has 0 radical (unpaired) electrons. The summed E-state index contributed by atoms with van der Waals surface area (Å²) in [4.78, 5) is 27.5. The predicted octanol–water partition coefficient (Wildman–Crippen LogP) is 3.35. The zero-order valence-electron chi connectivity index (χ0n) is 20.2. The van der Waals surface area contributed by atoms with E-state index in [0.29, 0.717) is 34.8 Å². The number of morpholine rings is 1. The first-order valence-electron chi connectivity index (χ1n) is 11.4. The summed E-state index contributed by atoms with van der Waals surface area (Å²) in [7, 11) is -2.61. The van der Waals surface area contributed by atoms with E-state index in [2.05, 4.69) is 5.32 Å². The smallest absolute Gasteiger partial charge is 0.242 e. The fraction of sp³-hybridized carbons (Fsp3) is 0.360. The molecule has 3 aromatic rings. The van der Waals surface area contributed by atoms with Gasteiger partial charge in [0.2, 0.25) is 11.8 Å². The lowest BCUT2D eigenvalue weighted by Crippen LogP contribution is -2.49. The van der Waals surface area contributed by atoms with E-state index >= 15 is 0 Å². The third-order valence-corrected chi connectivity index (χ3v) is 7.79. The van der Waals surface area contributed by atoms with Crippen LogP contribution in [0.4, 0.5) is 5.69 Å². The number of hydrogen-bond acceptors (Lipinski definition) is 6. The molecule has 36 heavy (non-hydrogen) atoms. The standard InChI is InChI=1S/C25H28ClN3O6S/c1-16-11-29(12-17(2)35-16)25(31)14-28-13-23(19-6-4-5-7-21(19)28)36(32,33)15-24(30)27-20-10-18(26)8-9-22(20)34-3/h4-10,13,16-17H,11-12,14-15H2,1-3H3,(H,27,30). The second-order valence-electron chi connectivity index (χ2n) is 8.85. The average molecular weight is 534 g/mol. The van der Waals surface area contributed by atoms with Gasteiger partial charge in [-0.3, -0.25) is 9.59 Å². The Labute approximate surface area is 214 Å². The molecule has 4 rings (SSSR count). The minimum absolute atomic E-state index is 0.0113. The maximum Gasteiger partial charge on any atom is 0.242 e. The fourth-order valence-electron chi connectivity index (χ4n) is 4.43. The number of carbonyl (C=O) groups excluding carboxylic acids is 2. The molecule has 1 aliphatic heterocycles. The van der Waals surface area contributed by atoms with Gasteiger partial charge in [0.1, 0.15) is 18.0 Å². The third-order valence-electron chi connectivity index (χ3n) is 5.92. The number of carbonyl (C=O) groups is 2. The fourth-order valence-corrected chi connectivity index (χ4v) is 5.97. The van der Waals surface area contributed by atoms with E-state index in [1.165, 1.54) is 19.4 Å². The Morgan fingerprint density at radius 1 is 1.14 bits per heavy atom. The number of hydrogen-bond donors (Lipinski definition) is 1. The summed E-state index contributed by atoms with van der Waals surface area (Å²) in [5.74, 6) is -1.30. The number of nitrogens with one attached hydrogen (secondary N) is 1. The van der Waals surface area contributed by atoms with Gasteiger partial charge in [-0.1, -0.05) is 29.8 Å². The number of methoxy groups -OCH3 is 1. The minimum Gasteiger partial charge on any atom is -0.495 e. The lowest BCUT2D eigenvalue weighted by atomic mass is 10.2. The Balaban J connectivity index is 1.57. The predicted molar refractivity (Wildman–Crippen MR) is 137 cm³/mol. The molecular formula is C25H28ClN3O6S. The van der Waals surface area contributed by atoms with E-state index in [1.807, 2.05) is 13.8 Å². The van der Waals surface area contributed by atoms with Crippen molar-refractivity contribution in [3.8, 4) is 5.75 Å². The number of fused-ring (bicyclic) bond motifs is 1. The molecule has 0 bridgehead atoms. The SMILES string of the molecule is COc1ccc(Cl)cc1NC(=O)CS(=O)(=O)c1cn(CC(=O)N2CC(C)OC(C)C2)c2ccccc12. The van der Waals surface area contributed by atoms with E-state index in [0.717, 1.165) is 0 Å². The molecule has 1 saturated heterocycles. The quantitative estimate of drug-likeness (QED) is 0.499. The van der Waals surface area contributed by atoms with Crippen LogP contribution in [0.15, 0.2) is 53.6 Å². The van der Waals surface area contributed by atoms with Crippen LogP contribution < -0.4 is 10.1 Å². The van der Waals surface area contributed by atoms with Crippen molar-refractivity contribution in [2.24, 2.45) is 0 Å². The molecule has 9 nitrogen and oxygen atoms in total. The molecule has 1 aliphatic rings. The summed E-state index contributed by atoms with van der Waals surface area (Å²) in [6.07, 6.45) is 1.27. The molecule has 2 atom stereocenters. The van der Waals surface area contributed by atoms with Crippen molar-refractivity contribution in [1.29, 1.82) is 0 Å². The van der Waals surface area contributed by atoms with E-state index in [-0.39, 0.29) is 35.2 Å². The normalized spacial score (nSPS) is 18.3. The van der Waals surface area contributed by atoms with E-state index in [9.17, 15) is 18.0 Å². The first kappa shape index (κ1) is 26.0. The Kier molecular flexibility index (Phi) is 7.58. The number of aromatic nitrogens is 1. The molecule has 11 heteroatoms. The van der Waals surface area contributed by atoms with Gasteiger partial charge in [0.15, 0.2) is 9.84 Å². The van der Waals surface area contributed by atoms with Crippen LogP contribution >= 0.6 is 11.6 Å². The second kappa shape index (κ2) is 10.5. The number of para-hydroxylation sites is 1. The van der Waals surface area contributed by atoms with Gasteiger partial charge in [0, 0.05) is 35.2 Å². The molecule has 192 valence electrons. The molecule has 1 fully saturated rings. The van der Waals surface area contributed by atoms with Crippen LogP contribution in [0.2, 0.25) is 5.02 Å². The Hall–Kier alpha value is -3.08. The van der Waals surface area contributed by atoms with Gasteiger partial charge in [0.05, 0.1) is 29.9 Å². The van der Waals surface area contributed by atoms with Crippen molar-refractivity contribution >= 4 is 49.8 Å². The number of rotatable bonds is 7. The zero-order valence-corrected chi connectivity index (χ0v) is 21.8. The highest BCUT2D eigenvalue weighted by Gasteiger charge is 2.28. The van der Waals surface area contributed by atoms with Gasteiger partial charge >= 0.3 is 0 Å². The van der Waals surface area contributed by atoms with Crippen molar-refractivity contribution in [1.82, 2.24) is 9.47 Å². The van der Waals surface area contributed by atoms with Crippen molar-refractivity contribution in [2.45, 2.75) is 37.5 Å². The lowest BCUT2D eigenvalue weighted by Gasteiger charge is -2.35. The second-order valence-corrected chi connectivity index (χ2v) is 11.2. The Morgan fingerprint density at radius 3 is 2.53 bits per heavy atom. The molecule has 2 unspecified atom stereocenters. The Morgan fingerprint density at radius 2 is 1.83 bits per heavy atom. The zero-order chi connectivity index (χ0) is 26.0. The van der Waals surface area contributed by atoms with Crippen molar-refractivity contribution in [3.63, 3.8) is 0 Å². The molecule has 2 heterocycles. The van der Waals surface area contributed by atoms with Gasteiger partial charge in [-0.15, -0.1) is 0 Å². The first-order chi connectivity index (χ1) is 17.1. The molecule has 1 aromatic heterocycles. The monoisotopic (exact) mass is 533 g/mol. The largest absolute Gasteiger partial charge is 0.495 e. The van der Waals surface area contributed by atoms with Crippen LogP contribution in [0.25, 0.3) is 10.9 Å². The molecule has 0 saturated carbocycles. The highest BCUT2D eigenvalue weighted by molar-refractivity contribution is 7.92. The number of amides is 2. The van der Waals surface area contributed by atoms with Crippen LogP contribution in [0.3, 0.4) is 0 Å². The van der Waals surface area contributed by atoms with Gasteiger partial charge < -0.3 is 24.3 Å². The van der Waals surface area contributed by atoms with E-state index in [1.54, 1.807) is 45.9 Å². The lowest BCUT2D eigenvalue weighted by molar-refractivity contribution is -0.143. The van der Waals surface area contributed by atoms with Gasteiger partial charge in [0.25, 0.3) is 0 Å². The van der Waals surface area contributed by atoms with Crippen LogP contribution in [-0.4, -0.2) is 67.9 Å². The van der Waals surface area contributed by atoms with E-state index in [4.69, 9.17) is 21.1 Å². The summed E-state index contributed by atoms with van der Waals surface area (Å²) >= 11 is 6.00. The molecule has 0 spiro atoms. The summed E-state index contributed by atoms with van der Waals surface area (Å²) in [5, 5.41) is 3.37. The van der Waals surface area contributed by atoms with Crippen molar-refractivity contribution in [2.75, 3.05) is 31.3 Å². The molecule has 0 aliphatic carbocycles. The van der Waals surface area contributed by atoms with Crippen LogP contribution in [0, 0.1) is 0 Å². The summed E-state index contributed by atoms with van der Waals surface area (Å²) in [6.45, 7) is 4.74. The van der Waals surface area contributed by atoms with Crippen LogP contribution in [0.5, 0.6) is 5.75 Å². The van der Waals surface area contributed by atoms with Crippen molar-refractivity contribution < 1.29 is 27.5 Å². The maximum atomic E-state index is 13.3. The topological polar surface area (TPSA) is 107 Å². The maximum absolute atomic E-state index is 13.3. The number of nitrogens with zero attached hydrogens (tertiary/aromatic N) is 2. The summed E-state index contributed by atoms with van der Waals surface area (Å²) < 4.78 is 39.2.